The molecule has 1 saturated heterocycles. The van der Waals surface area contributed by atoms with E-state index in [0.29, 0.717) is 31.0 Å². The highest BCUT2D eigenvalue weighted by Crippen LogP contribution is 2.18. The number of hydrogen-bond acceptors (Lipinski definition) is 5. The van der Waals surface area contributed by atoms with Crippen molar-refractivity contribution < 1.29 is 17.9 Å². The van der Waals surface area contributed by atoms with Gasteiger partial charge in [0.05, 0.1) is 18.1 Å². The summed E-state index contributed by atoms with van der Waals surface area (Å²) in [6.45, 7) is 2.61. The van der Waals surface area contributed by atoms with Gasteiger partial charge in [-0.05, 0) is 31.4 Å². The Hall–Kier alpha value is -1.63. The average Bonchev–Trinajstić information content (AvgIpc) is 2.77. The first-order chi connectivity index (χ1) is 9.52. The van der Waals surface area contributed by atoms with Crippen molar-refractivity contribution in [2.24, 2.45) is 5.92 Å². The second-order valence-electron chi connectivity index (χ2n) is 4.77. The zero-order valence-electron chi connectivity index (χ0n) is 11.3. The Morgan fingerprint density at radius 1 is 1.55 bits per heavy atom. The van der Waals surface area contributed by atoms with Crippen LogP contribution in [-0.4, -0.2) is 44.0 Å². The SMILES string of the molecule is CCOc1ncccc1C(=O)NC[C@@H]1CCS(=O)(=O)C1. The maximum Gasteiger partial charge on any atom is 0.256 e. The van der Waals surface area contributed by atoms with Crippen molar-refractivity contribution >= 4 is 15.7 Å². The third kappa shape index (κ3) is 3.69. The van der Waals surface area contributed by atoms with Crippen LogP contribution in [0.2, 0.25) is 0 Å². The molecule has 0 aromatic carbocycles. The third-order valence-electron chi connectivity index (χ3n) is 3.17. The highest BCUT2D eigenvalue weighted by atomic mass is 32.2. The summed E-state index contributed by atoms with van der Waals surface area (Å²) in [5, 5.41) is 2.75. The molecular formula is C13H18N2O4S. The van der Waals surface area contributed by atoms with Gasteiger partial charge < -0.3 is 10.1 Å². The molecule has 1 aromatic heterocycles. The normalized spacial score (nSPS) is 20.6. The van der Waals surface area contributed by atoms with Crippen LogP contribution >= 0.6 is 0 Å². The van der Waals surface area contributed by atoms with Crippen LogP contribution in [0.15, 0.2) is 18.3 Å². The van der Waals surface area contributed by atoms with E-state index in [-0.39, 0.29) is 23.3 Å². The highest BCUT2D eigenvalue weighted by molar-refractivity contribution is 7.91. The largest absolute Gasteiger partial charge is 0.477 e. The summed E-state index contributed by atoms with van der Waals surface area (Å²) in [4.78, 5) is 16.1. The average molecular weight is 298 g/mol. The van der Waals surface area contributed by atoms with Crippen molar-refractivity contribution in [3.8, 4) is 5.88 Å². The number of carbonyl (C=O) groups is 1. The maximum absolute atomic E-state index is 12.1. The number of ether oxygens (including phenoxy) is 1. The van der Waals surface area contributed by atoms with E-state index in [1.54, 1.807) is 18.3 Å². The number of nitrogens with one attached hydrogen (secondary N) is 1. The minimum Gasteiger partial charge on any atom is -0.477 e. The molecule has 0 aliphatic carbocycles. The van der Waals surface area contributed by atoms with Crippen LogP contribution in [0, 0.1) is 5.92 Å². The van der Waals surface area contributed by atoms with Crippen molar-refractivity contribution in [1.82, 2.24) is 10.3 Å². The Labute approximate surface area is 118 Å². The van der Waals surface area contributed by atoms with Crippen molar-refractivity contribution in [1.29, 1.82) is 0 Å². The Morgan fingerprint density at radius 3 is 3.00 bits per heavy atom. The molecule has 20 heavy (non-hydrogen) atoms. The van der Waals surface area contributed by atoms with Crippen molar-refractivity contribution in [2.45, 2.75) is 13.3 Å². The molecule has 1 aliphatic heterocycles. The molecule has 0 spiro atoms. The number of sulfone groups is 1. The van der Waals surface area contributed by atoms with Gasteiger partial charge in [-0.15, -0.1) is 0 Å². The molecule has 1 aliphatic rings. The van der Waals surface area contributed by atoms with Crippen molar-refractivity contribution in [3.05, 3.63) is 23.9 Å². The van der Waals surface area contributed by atoms with Gasteiger partial charge in [0.15, 0.2) is 9.84 Å². The summed E-state index contributed by atoms with van der Waals surface area (Å²) < 4.78 is 28.0. The Bertz CT molecular complexity index is 586. The number of nitrogens with zero attached hydrogens (tertiary/aromatic N) is 1. The van der Waals surface area contributed by atoms with Gasteiger partial charge in [-0.3, -0.25) is 4.79 Å². The second kappa shape index (κ2) is 6.21. The van der Waals surface area contributed by atoms with Crippen LogP contribution in [0.3, 0.4) is 0 Å². The van der Waals surface area contributed by atoms with Gasteiger partial charge in [0.25, 0.3) is 5.91 Å². The first kappa shape index (κ1) is 14.8. The van der Waals surface area contributed by atoms with Gasteiger partial charge in [-0.2, -0.15) is 0 Å². The molecule has 110 valence electrons. The molecule has 1 amide bonds. The number of amides is 1. The molecule has 1 aromatic rings. The first-order valence-corrected chi connectivity index (χ1v) is 8.40. The van der Waals surface area contributed by atoms with E-state index in [0.717, 1.165) is 0 Å². The number of rotatable bonds is 5. The summed E-state index contributed by atoms with van der Waals surface area (Å²) in [5.41, 5.74) is 0.371. The summed E-state index contributed by atoms with van der Waals surface area (Å²) in [6, 6.07) is 3.30. The highest BCUT2D eigenvalue weighted by Gasteiger charge is 2.28. The minimum atomic E-state index is -2.91. The fraction of sp³-hybridized carbons (Fsp3) is 0.538. The molecule has 0 unspecified atom stereocenters. The van der Waals surface area contributed by atoms with Gasteiger partial charge in [-0.1, -0.05) is 0 Å². The first-order valence-electron chi connectivity index (χ1n) is 6.58. The molecule has 1 N–H and O–H groups in total. The van der Waals surface area contributed by atoms with Crippen LogP contribution in [0.5, 0.6) is 5.88 Å². The molecule has 7 heteroatoms. The van der Waals surface area contributed by atoms with E-state index in [1.165, 1.54) is 0 Å². The van der Waals surface area contributed by atoms with E-state index in [1.807, 2.05) is 6.92 Å². The van der Waals surface area contributed by atoms with E-state index in [2.05, 4.69) is 10.3 Å². The van der Waals surface area contributed by atoms with Gasteiger partial charge in [0.1, 0.15) is 5.56 Å². The summed E-state index contributed by atoms with van der Waals surface area (Å²) in [6.07, 6.45) is 2.17. The Balaban J connectivity index is 1.95. The fourth-order valence-electron chi connectivity index (χ4n) is 2.18. The quantitative estimate of drug-likeness (QED) is 0.862. The van der Waals surface area contributed by atoms with E-state index < -0.39 is 9.84 Å². The number of hydrogen-bond donors (Lipinski definition) is 1. The zero-order chi connectivity index (χ0) is 14.6. The number of carbonyl (C=O) groups excluding carboxylic acids is 1. The van der Waals surface area contributed by atoms with Crippen LogP contribution in [-0.2, 0) is 9.84 Å². The topological polar surface area (TPSA) is 85.4 Å². The van der Waals surface area contributed by atoms with E-state index in [9.17, 15) is 13.2 Å². The molecule has 1 fully saturated rings. The Kier molecular flexibility index (Phi) is 4.59. The minimum absolute atomic E-state index is 0.00355. The smallest absolute Gasteiger partial charge is 0.256 e. The van der Waals surface area contributed by atoms with Gasteiger partial charge >= 0.3 is 0 Å². The van der Waals surface area contributed by atoms with E-state index >= 15 is 0 Å². The summed E-state index contributed by atoms with van der Waals surface area (Å²) in [7, 11) is -2.91. The van der Waals surface area contributed by atoms with Gasteiger partial charge in [0.2, 0.25) is 5.88 Å². The number of aromatic nitrogens is 1. The lowest BCUT2D eigenvalue weighted by Gasteiger charge is -2.11. The predicted molar refractivity (Wildman–Crippen MR) is 74.5 cm³/mol. The molecule has 2 rings (SSSR count). The predicted octanol–water partition coefficient (Wildman–Crippen LogP) is 0.645. The molecule has 0 saturated carbocycles. The molecule has 1 atom stereocenters. The van der Waals surface area contributed by atoms with Gasteiger partial charge in [-0.25, -0.2) is 13.4 Å². The molecule has 6 nitrogen and oxygen atoms in total. The molecule has 0 bridgehead atoms. The maximum atomic E-state index is 12.1. The van der Waals surface area contributed by atoms with Crippen LogP contribution < -0.4 is 10.1 Å². The lowest BCUT2D eigenvalue weighted by molar-refractivity contribution is 0.0943. The number of pyridine rings is 1. The van der Waals surface area contributed by atoms with Gasteiger partial charge in [0, 0.05) is 12.7 Å². The lowest BCUT2D eigenvalue weighted by atomic mass is 10.1. The van der Waals surface area contributed by atoms with Crippen molar-refractivity contribution in [2.75, 3.05) is 24.7 Å². The molecular weight excluding hydrogens is 280 g/mol. The van der Waals surface area contributed by atoms with Crippen LogP contribution in [0.1, 0.15) is 23.7 Å². The van der Waals surface area contributed by atoms with Crippen LogP contribution in [0.25, 0.3) is 0 Å². The lowest BCUT2D eigenvalue weighted by Crippen LogP contribution is -2.30. The monoisotopic (exact) mass is 298 g/mol. The van der Waals surface area contributed by atoms with Crippen LogP contribution in [0.4, 0.5) is 0 Å². The van der Waals surface area contributed by atoms with Crippen molar-refractivity contribution in [3.63, 3.8) is 0 Å². The standard InChI is InChI=1S/C13H18N2O4S/c1-2-19-13-11(4-3-6-14-13)12(16)15-8-10-5-7-20(17,18)9-10/h3-4,6,10H,2,5,7-9H2,1H3,(H,15,16)/t10-/m0/s1. The fourth-order valence-corrected chi connectivity index (χ4v) is 4.04. The zero-order valence-corrected chi connectivity index (χ0v) is 12.1. The second-order valence-corrected chi connectivity index (χ2v) is 7.00. The summed E-state index contributed by atoms with van der Waals surface area (Å²) >= 11 is 0. The summed E-state index contributed by atoms with van der Waals surface area (Å²) in [5.74, 6) is 0.372. The Morgan fingerprint density at radius 2 is 2.35 bits per heavy atom. The molecule has 2 heterocycles. The third-order valence-corrected chi connectivity index (χ3v) is 5.01. The van der Waals surface area contributed by atoms with E-state index in [4.69, 9.17) is 4.74 Å². The molecule has 0 radical (unpaired) electrons.